The first-order valence-electron chi connectivity index (χ1n) is 9.34. The number of furan rings is 1. The molecule has 24 heavy (non-hydrogen) atoms. The van der Waals surface area contributed by atoms with Crippen LogP contribution in [0.3, 0.4) is 0 Å². The van der Waals surface area contributed by atoms with E-state index in [-0.39, 0.29) is 5.91 Å². The number of piperidine rings is 1. The summed E-state index contributed by atoms with van der Waals surface area (Å²) in [6, 6.07) is 4.48. The number of hydrogen-bond donors (Lipinski definition) is 1. The van der Waals surface area contributed by atoms with Gasteiger partial charge in [0.25, 0.3) is 0 Å². The third-order valence-electron chi connectivity index (χ3n) is 5.40. The Morgan fingerprint density at radius 3 is 2.71 bits per heavy atom. The van der Waals surface area contributed by atoms with Gasteiger partial charge < -0.3 is 14.6 Å². The lowest BCUT2D eigenvalue weighted by molar-refractivity contribution is -0.123. The molecule has 3 rings (SSSR count). The number of nitrogens with zero attached hydrogens (tertiary/aromatic N) is 2. The Labute approximate surface area is 145 Å². The lowest BCUT2D eigenvalue weighted by Crippen LogP contribution is -2.46. The normalized spacial score (nSPS) is 25.2. The first-order valence-corrected chi connectivity index (χ1v) is 9.34. The molecule has 134 valence electrons. The van der Waals surface area contributed by atoms with Crippen LogP contribution in [0.5, 0.6) is 0 Å². The van der Waals surface area contributed by atoms with E-state index in [1.807, 2.05) is 11.9 Å². The number of likely N-dealkylation sites (N-methyl/N-ethyl adjacent to an activating group) is 1. The summed E-state index contributed by atoms with van der Waals surface area (Å²) >= 11 is 0. The molecule has 1 aliphatic heterocycles. The summed E-state index contributed by atoms with van der Waals surface area (Å²) < 4.78 is 5.93. The van der Waals surface area contributed by atoms with E-state index < -0.39 is 0 Å². The van der Waals surface area contributed by atoms with Gasteiger partial charge in [0, 0.05) is 25.0 Å². The van der Waals surface area contributed by atoms with Crippen molar-refractivity contribution in [2.45, 2.75) is 51.6 Å². The Hall–Kier alpha value is -1.33. The van der Waals surface area contributed by atoms with E-state index in [0.717, 1.165) is 49.9 Å². The molecule has 2 aliphatic rings. The second-order valence-corrected chi connectivity index (χ2v) is 7.57. The van der Waals surface area contributed by atoms with Crippen molar-refractivity contribution in [3.63, 3.8) is 0 Å². The molecule has 0 bridgehead atoms. The van der Waals surface area contributed by atoms with Crippen molar-refractivity contribution in [1.82, 2.24) is 15.1 Å². The molecule has 1 saturated carbocycles. The van der Waals surface area contributed by atoms with Crippen molar-refractivity contribution < 1.29 is 9.21 Å². The highest BCUT2D eigenvalue weighted by molar-refractivity contribution is 5.78. The summed E-state index contributed by atoms with van der Waals surface area (Å²) in [6.07, 6.45) is 3.36. The highest BCUT2D eigenvalue weighted by Gasteiger charge is 2.36. The Bertz CT molecular complexity index is 549. The molecular formula is C19H31N3O2. The fourth-order valence-electron chi connectivity index (χ4n) is 3.63. The van der Waals surface area contributed by atoms with Gasteiger partial charge in [-0.15, -0.1) is 0 Å². The smallest absolute Gasteiger partial charge is 0.234 e. The molecule has 1 amide bonds. The van der Waals surface area contributed by atoms with Crippen LogP contribution in [0.1, 0.15) is 50.5 Å². The maximum absolute atomic E-state index is 12.2. The third kappa shape index (κ3) is 4.61. The van der Waals surface area contributed by atoms with Crippen molar-refractivity contribution in [2.75, 3.05) is 33.2 Å². The minimum absolute atomic E-state index is 0.120. The van der Waals surface area contributed by atoms with E-state index in [1.54, 1.807) is 0 Å². The summed E-state index contributed by atoms with van der Waals surface area (Å²) in [6.45, 7) is 8.84. The van der Waals surface area contributed by atoms with Crippen LogP contribution in [0.25, 0.3) is 0 Å². The minimum Gasteiger partial charge on any atom is -0.464 e. The van der Waals surface area contributed by atoms with Gasteiger partial charge in [-0.3, -0.25) is 9.69 Å². The molecule has 5 nitrogen and oxygen atoms in total. The number of nitrogens with one attached hydrogen (secondary N) is 1. The van der Waals surface area contributed by atoms with Crippen LogP contribution in [0.2, 0.25) is 0 Å². The largest absolute Gasteiger partial charge is 0.464 e. The SMILES string of the molecule is CCN1CCC(NC(=O)CN(C)Cc2ccc([C@@H]3C[C@H]3C)o2)CC1. The molecule has 1 saturated heterocycles. The summed E-state index contributed by atoms with van der Waals surface area (Å²) in [4.78, 5) is 16.7. The monoisotopic (exact) mass is 333 g/mol. The average Bonchev–Trinajstić information content (AvgIpc) is 3.10. The maximum atomic E-state index is 12.2. The Morgan fingerprint density at radius 2 is 2.08 bits per heavy atom. The van der Waals surface area contributed by atoms with Crippen molar-refractivity contribution >= 4 is 5.91 Å². The molecular weight excluding hydrogens is 302 g/mol. The number of carbonyl (C=O) groups excluding carboxylic acids is 1. The lowest BCUT2D eigenvalue weighted by Gasteiger charge is -2.31. The Morgan fingerprint density at radius 1 is 1.38 bits per heavy atom. The molecule has 0 unspecified atom stereocenters. The summed E-state index contributed by atoms with van der Waals surface area (Å²) in [5, 5.41) is 3.18. The lowest BCUT2D eigenvalue weighted by atomic mass is 10.1. The molecule has 0 spiro atoms. The zero-order valence-corrected chi connectivity index (χ0v) is 15.3. The summed E-state index contributed by atoms with van der Waals surface area (Å²) in [7, 11) is 1.97. The van der Waals surface area contributed by atoms with Crippen LogP contribution in [-0.4, -0.2) is 55.0 Å². The molecule has 1 aromatic heterocycles. The predicted molar refractivity (Wildman–Crippen MR) is 94.8 cm³/mol. The molecule has 2 atom stereocenters. The molecule has 1 N–H and O–H groups in total. The second-order valence-electron chi connectivity index (χ2n) is 7.57. The fourth-order valence-corrected chi connectivity index (χ4v) is 3.63. The van der Waals surface area contributed by atoms with Crippen molar-refractivity contribution in [3.05, 3.63) is 23.7 Å². The van der Waals surface area contributed by atoms with Gasteiger partial charge >= 0.3 is 0 Å². The van der Waals surface area contributed by atoms with E-state index in [9.17, 15) is 4.79 Å². The van der Waals surface area contributed by atoms with E-state index in [0.29, 0.717) is 25.0 Å². The zero-order chi connectivity index (χ0) is 17.1. The summed E-state index contributed by atoms with van der Waals surface area (Å²) in [5.74, 6) is 3.55. The fraction of sp³-hybridized carbons (Fsp3) is 0.737. The van der Waals surface area contributed by atoms with Gasteiger partial charge in [-0.2, -0.15) is 0 Å². The first-order chi connectivity index (χ1) is 11.5. The van der Waals surface area contributed by atoms with E-state index in [1.165, 1.54) is 6.42 Å². The van der Waals surface area contributed by atoms with Gasteiger partial charge in [0.15, 0.2) is 0 Å². The molecule has 1 aliphatic carbocycles. The van der Waals surface area contributed by atoms with Crippen LogP contribution in [0.4, 0.5) is 0 Å². The molecule has 0 radical (unpaired) electrons. The number of likely N-dealkylation sites (tertiary alicyclic amines) is 1. The Kier molecular flexibility index (Phi) is 5.61. The van der Waals surface area contributed by atoms with Crippen molar-refractivity contribution in [3.8, 4) is 0 Å². The average molecular weight is 333 g/mol. The predicted octanol–water partition coefficient (Wildman–Crippen LogP) is 2.44. The van der Waals surface area contributed by atoms with Crippen molar-refractivity contribution in [1.29, 1.82) is 0 Å². The van der Waals surface area contributed by atoms with Crippen molar-refractivity contribution in [2.24, 2.45) is 5.92 Å². The molecule has 0 aromatic carbocycles. The van der Waals surface area contributed by atoms with E-state index in [4.69, 9.17) is 4.42 Å². The maximum Gasteiger partial charge on any atom is 0.234 e. The highest BCUT2D eigenvalue weighted by atomic mass is 16.3. The van der Waals surface area contributed by atoms with Crippen LogP contribution in [0.15, 0.2) is 16.5 Å². The van der Waals surface area contributed by atoms with Gasteiger partial charge in [0.05, 0.1) is 13.1 Å². The molecule has 2 heterocycles. The quantitative estimate of drug-likeness (QED) is 0.833. The molecule has 5 heteroatoms. The third-order valence-corrected chi connectivity index (χ3v) is 5.40. The van der Waals surface area contributed by atoms with Crippen LogP contribution in [-0.2, 0) is 11.3 Å². The number of rotatable bonds is 7. The second kappa shape index (κ2) is 7.70. The molecule has 2 fully saturated rings. The van der Waals surface area contributed by atoms with E-state index in [2.05, 4.69) is 36.2 Å². The first kappa shape index (κ1) is 17.5. The topological polar surface area (TPSA) is 48.7 Å². The van der Waals surface area contributed by atoms with Crippen LogP contribution < -0.4 is 5.32 Å². The minimum atomic E-state index is 0.120. The summed E-state index contributed by atoms with van der Waals surface area (Å²) in [5.41, 5.74) is 0. The van der Waals surface area contributed by atoms with Gasteiger partial charge in [0.2, 0.25) is 5.91 Å². The number of carbonyl (C=O) groups is 1. The Balaban J connectivity index is 1.39. The van der Waals surface area contributed by atoms with Crippen LogP contribution in [0, 0.1) is 5.92 Å². The van der Waals surface area contributed by atoms with Crippen LogP contribution >= 0.6 is 0 Å². The highest BCUT2D eigenvalue weighted by Crippen LogP contribution is 2.47. The zero-order valence-electron chi connectivity index (χ0n) is 15.3. The van der Waals surface area contributed by atoms with Gasteiger partial charge in [-0.25, -0.2) is 0 Å². The molecule has 1 aromatic rings. The number of amides is 1. The van der Waals surface area contributed by atoms with Gasteiger partial charge in [-0.1, -0.05) is 13.8 Å². The van der Waals surface area contributed by atoms with Gasteiger partial charge in [0.1, 0.15) is 11.5 Å². The van der Waals surface area contributed by atoms with Gasteiger partial charge in [-0.05, 0) is 50.9 Å². The number of hydrogen-bond acceptors (Lipinski definition) is 4. The standard InChI is InChI=1S/C19H31N3O2/c1-4-22-9-7-15(8-10-22)20-19(23)13-21(3)12-16-5-6-18(24-16)17-11-14(17)2/h5-6,14-15,17H,4,7-13H2,1-3H3,(H,20,23)/t14-,17-/m1/s1. The van der Waals surface area contributed by atoms with E-state index >= 15 is 0 Å².